The quantitative estimate of drug-likeness (QED) is 0.702. The minimum Gasteiger partial charge on any atom is -0.312 e. The number of anilines is 2. The monoisotopic (exact) mass is 357 g/mol. The van der Waals surface area contributed by atoms with Gasteiger partial charge in [0.25, 0.3) is 5.56 Å². The van der Waals surface area contributed by atoms with Crippen LogP contribution in [0.1, 0.15) is 13.8 Å². The average molecular weight is 357 g/mol. The molecule has 0 saturated carbocycles. The van der Waals surface area contributed by atoms with Crippen molar-refractivity contribution in [2.75, 3.05) is 11.4 Å². The molecule has 0 spiro atoms. The number of benzene rings is 1. The zero-order chi connectivity index (χ0) is 18.6. The van der Waals surface area contributed by atoms with Gasteiger partial charge in [-0.25, -0.2) is 9.18 Å². The van der Waals surface area contributed by atoms with E-state index in [1.54, 1.807) is 26.1 Å². The highest BCUT2D eigenvalue weighted by atomic mass is 19.1. The second-order valence-electron chi connectivity index (χ2n) is 6.78. The van der Waals surface area contributed by atoms with Crippen molar-refractivity contribution in [3.05, 3.63) is 50.9 Å². The molecule has 7 nitrogen and oxygen atoms in total. The van der Waals surface area contributed by atoms with Crippen LogP contribution in [-0.2, 0) is 20.1 Å². The SMILES string of the molecule is CCn1c(=O)c2c(nc3n2C[C@@H](C)CN3c2ccc(F)cc2)n(C)c1=O. The lowest BCUT2D eigenvalue weighted by Gasteiger charge is -2.32. The lowest BCUT2D eigenvalue weighted by atomic mass is 10.1. The Bertz CT molecular complexity index is 1110. The summed E-state index contributed by atoms with van der Waals surface area (Å²) in [6.45, 7) is 5.51. The van der Waals surface area contributed by atoms with E-state index >= 15 is 0 Å². The van der Waals surface area contributed by atoms with Gasteiger partial charge in [0.15, 0.2) is 11.2 Å². The van der Waals surface area contributed by atoms with Gasteiger partial charge in [0, 0.05) is 32.4 Å². The molecule has 0 fully saturated rings. The van der Waals surface area contributed by atoms with Crippen LogP contribution in [0.3, 0.4) is 0 Å². The predicted molar refractivity (Wildman–Crippen MR) is 97.5 cm³/mol. The molecule has 26 heavy (non-hydrogen) atoms. The number of hydrogen-bond donors (Lipinski definition) is 0. The summed E-state index contributed by atoms with van der Waals surface area (Å²) in [5.74, 6) is 0.558. The van der Waals surface area contributed by atoms with Gasteiger partial charge in [-0.1, -0.05) is 6.92 Å². The summed E-state index contributed by atoms with van der Waals surface area (Å²) < 4.78 is 17.8. The molecule has 2 aromatic heterocycles. The summed E-state index contributed by atoms with van der Waals surface area (Å²) >= 11 is 0. The first-order valence-corrected chi connectivity index (χ1v) is 8.65. The van der Waals surface area contributed by atoms with Crippen LogP contribution in [0, 0.1) is 11.7 Å². The Labute approximate surface area is 148 Å². The van der Waals surface area contributed by atoms with E-state index in [2.05, 4.69) is 11.9 Å². The fraction of sp³-hybridized carbons (Fsp3) is 0.389. The summed E-state index contributed by atoms with van der Waals surface area (Å²) in [4.78, 5) is 31.9. The third kappa shape index (κ3) is 2.28. The van der Waals surface area contributed by atoms with Crippen LogP contribution in [0.25, 0.3) is 11.2 Å². The number of aromatic nitrogens is 4. The number of nitrogens with zero attached hydrogens (tertiary/aromatic N) is 5. The number of fused-ring (bicyclic) bond motifs is 3. The topological polar surface area (TPSA) is 65.1 Å². The minimum atomic E-state index is -0.373. The van der Waals surface area contributed by atoms with Crippen LogP contribution >= 0.6 is 0 Å². The summed E-state index contributed by atoms with van der Waals surface area (Å²) in [6.07, 6.45) is 0. The molecule has 0 bridgehead atoms. The number of rotatable bonds is 2. The van der Waals surface area contributed by atoms with E-state index in [0.29, 0.717) is 36.7 Å². The Morgan fingerprint density at radius 1 is 1.19 bits per heavy atom. The molecule has 1 atom stereocenters. The molecule has 0 amide bonds. The van der Waals surface area contributed by atoms with E-state index in [0.717, 1.165) is 5.69 Å². The molecule has 3 aromatic rings. The van der Waals surface area contributed by atoms with Crippen LogP contribution < -0.4 is 16.1 Å². The van der Waals surface area contributed by atoms with Crippen LogP contribution in [-0.4, -0.2) is 25.2 Å². The summed E-state index contributed by atoms with van der Waals surface area (Å²) in [5, 5.41) is 0. The van der Waals surface area contributed by atoms with E-state index in [1.165, 1.54) is 21.3 Å². The fourth-order valence-corrected chi connectivity index (χ4v) is 3.62. The molecule has 1 aliphatic rings. The highest BCUT2D eigenvalue weighted by Gasteiger charge is 2.29. The number of imidazole rings is 1. The Kier molecular flexibility index (Phi) is 3.71. The zero-order valence-electron chi connectivity index (χ0n) is 14.9. The van der Waals surface area contributed by atoms with Crippen LogP contribution in [0.15, 0.2) is 33.9 Å². The molecule has 0 aliphatic carbocycles. The first-order valence-electron chi connectivity index (χ1n) is 8.65. The summed E-state index contributed by atoms with van der Waals surface area (Å²) in [7, 11) is 1.63. The predicted octanol–water partition coefficient (Wildman–Crippen LogP) is 1.84. The second kappa shape index (κ2) is 5.82. The number of halogens is 1. The first-order chi connectivity index (χ1) is 12.4. The van der Waals surface area contributed by atoms with Crippen molar-refractivity contribution in [1.82, 2.24) is 18.7 Å². The highest BCUT2D eigenvalue weighted by Crippen LogP contribution is 2.32. The van der Waals surface area contributed by atoms with Gasteiger partial charge in [-0.15, -0.1) is 0 Å². The summed E-state index contributed by atoms with van der Waals surface area (Å²) in [6, 6.07) is 6.20. The lowest BCUT2D eigenvalue weighted by Crippen LogP contribution is -2.40. The van der Waals surface area contributed by atoms with Crippen molar-refractivity contribution in [2.24, 2.45) is 13.0 Å². The minimum absolute atomic E-state index is 0.261. The van der Waals surface area contributed by atoms with Gasteiger partial charge in [-0.3, -0.25) is 13.9 Å². The molecule has 3 heterocycles. The zero-order valence-corrected chi connectivity index (χ0v) is 14.9. The Morgan fingerprint density at radius 3 is 2.54 bits per heavy atom. The van der Waals surface area contributed by atoms with Gasteiger partial charge < -0.3 is 9.47 Å². The van der Waals surface area contributed by atoms with Crippen molar-refractivity contribution in [3.8, 4) is 0 Å². The van der Waals surface area contributed by atoms with Gasteiger partial charge in [0.1, 0.15) is 5.82 Å². The molecular weight excluding hydrogens is 337 g/mol. The fourth-order valence-electron chi connectivity index (χ4n) is 3.62. The molecule has 1 aliphatic heterocycles. The van der Waals surface area contributed by atoms with Crippen molar-refractivity contribution in [2.45, 2.75) is 26.9 Å². The smallest absolute Gasteiger partial charge is 0.312 e. The van der Waals surface area contributed by atoms with E-state index < -0.39 is 0 Å². The molecule has 0 N–H and O–H groups in total. The third-order valence-corrected chi connectivity index (χ3v) is 4.90. The molecule has 1 aromatic carbocycles. The van der Waals surface area contributed by atoms with Crippen LogP contribution in [0.2, 0.25) is 0 Å². The van der Waals surface area contributed by atoms with Gasteiger partial charge in [0.2, 0.25) is 5.95 Å². The van der Waals surface area contributed by atoms with E-state index in [9.17, 15) is 14.0 Å². The third-order valence-electron chi connectivity index (χ3n) is 4.90. The normalized spacial score (nSPS) is 16.9. The van der Waals surface area contributed by atoms with Crippen molar-refractivity contribution >= 4 is 22.8 Å². The molecular formula is C18H20FN5O2. The van der Waals surface area contributed by atoms with Crippen molar-refractivity contribution in [3.63, 3.8) is 0 Å². The van der Waals surface area contributed by atoms with Gasteiger partial charge >= 0.3 is 5.69 Å². The Hall–Kier alpha value is -2.90. The van der Waals surface area contributed by atoms with Crippen molar-refractivity contribution < 1.29 is 4.39 Å². The summed E-state index contributed by atoms with van der Waals surface area (Å²) in [5.41, 5.74) is 0.915. The standard InChI is InChI=1S/C18H20FN5O2/c1-4-22-16(25)14-15(21(3)18(22)26)20-17-23(9-11(2)10-24(14)17)13-7-5-12(19)6-8-13/h5-8,11H,4,9-10H2,1-3H3/t11-/m0/s1. The Morgan fingerprint density at radius 2 is 1.88 bits per heavy atom. The van der Waals surface area contributed by atoms with Crippen molar-refractivity contribution in [1.29, 1.82) is 0 Å². The van der Waals surface area contributed by atoms with E-state index in [4.69, 9.17) is 0 Å². The number of aryl methyl sites for hydroxylation is 1. The molecule has 0 saturated heterocycles. The van der Waals surface area contributed by atoms with Crippen LogP contribution in [0.5, 0.6) is 0 Å². The average Bonchev–Trinajstić information content (AvgIpc) is 3.00. The maximum Gasteiger partial charge on any atom is 0.332 e. The van der Waals surface area contributed by atoms with Crippen LogP contribution in [0.4, 0.5) is 16.0 Å². The number of hydrogen-bond acceptors (Lipinski definition) is 4. The molecule has 136 valence electrons. The Balaban J connectivity index is 2.03. The molecule has 4 rings (SSSR count). The second-order valence-corrected chi connectivity index (χ2v) is 6.78. The van der Waals surface area contributed by atoms with E-state index in [-0.39, 0.29) is 23.0 Å². The molecule has 0 radical (unpaired) electrons. The lowest BCUT2D eigenvalue weighted by molar-refractivity contribution is 0.457. The van der Waals surface area contributed by atoms with Gasteiger partial charge in [0.05, 0.1) is 0 Å². The van der Waals surface area contributed by atoms with E-state index in [1.807, 2.05) is 9.47 Å². The first kappa shape index (κ1) is 16.6. The highest BCUT2D eigenvalue weighted by molar-refractivity contribution is 5.77. The maximum atomic E-state index is 13.3. The van der Waals surface area contributed by atoms with Gasteiger partial charge in [-0.2, -0.15) is 4.98 Å². The van der Waals surface area contributed by atoms with Gasteiger partial charge in [-0.05, 0) is 37.1 Å². The molecule has 0 unspecified atom stereocenters. The molecule has 8 heteroatoms. The largest absolute Gasteiger partial charge is 0.332 e. The maximum absolute atomic E-state index is 13.3.